The van der Waals surface area contributed by atoms with Gasteiger partial charge in [0.1, 0.15) is 5.15 Å². The van der Waals surface area contributed by atoms with E-state index in [1.807, 2.05) is 26.0 Å². The van der Waals surface area contributed by atoms with Crippen molar-refractivity contribution in [2.45, 2.75) is 26.5 Å². The van der Waals surface area contributed by atoms with Crippen LogP contribution in [0.5, 0.6) is 0 Å². The molecular weight excluding hydrogens is 212 g/mol. The SMILES string of the molecule is CCOC(C)CNCc1cccnc1Cl. The van der Waals surface area contributed by atoms with Gasteiger partial charge >= 0.3 is 0 Å². The average Bonchev–Trinajstić information content (AvgIpc) is 2.21. The molecule has 0 bridgehead atoms. The second-order valence-corrected chi connectivity index (χ2v) is 3.71. The summed E-state index contributed by atoms with van der Waals surface area (Å²) in [5, 5.41) is 3.84. The van der Waals surface area contributed by atoms with Crippen LogP contribution < -0.4 is 5.32 Å². The van der Waals surface area contributed by atoms with Crippen molar-refractivity contribution in [2.24, 2.45) is 0 Å². The van der Waals surface area contributed by atoms with E-state index < -0.39 is 0 Å². The molecule has 1 aromatic heterocycles. The molecule has 0 aromatic carbocycles. The van der Waals surface area contributed by atoms with Gasteiger partial charge in [0.2, 0.25) is 0 Å². The average molecular weight is 229 g/mol. The van der Waals surface area contributed by atoms with Crippen molar-refractivity contribution in [1.29, 1.82) is 0 Å². The molecule has 0 saturated carbocycles. The number of pyridine rings is 1. The maximum atomic E-state index is 5.92. The monoisotopic (exact) mass is 228 g/mol. The Kier molecular flexibility index (Phi) is 5.61. The van der Waals surface area contributed by atoms with Gasteiger partial charge in [0.25, 0.3) is 0 Å². The molecule has 0 aliphatic rings. The molecule has 0 saturated heterocycles. The van der Waals surface area contributed by atoms with Crippen LogP contribution in [0.3, 0.4) is 0 Å². The van der Waals surface area contributed by atoms with Crippen LogP contribution in [0, 0.1) is 0 Å². The van der Waals surface area contributed by atoms with Crippen molar-refractivity contribution in [2.75, 3.05) is 13.2 Å². The largest absolute Gasteiger partial charge is 0.377 e. The van der Waals surface area contributed by atoms with Crippen molar-refractivity contribution in [3.63, 3.8) is 0 Å². The van der Waals surface area contributed by atoms with Gasteiger partial charge < -0.3 is 10.1 Å². The molecule has 0 radical (unpaired) electrons. The van der Waals surface area contributed by atoms with Crippen LogP contribution in [0.4, 0.5) is 0 Å². The molecule has 1 aromatic rings. The highest BCUT2D eigenvalue weighted by molar-refractivity contribution is 6.30. The van der Waals surface area contributed by atoms with Crippen LogP contribution in [-0.2, 0) is 11.3 Å². The molecule has 0 aliphatic heterocycles. The summed E-state index contributed by atoms with van der Waals surface area (Å²) in [6.45, 7) is 6.33. The summed E-state index contributed by atoms with van der Waals surface area (Å²) in [6, 6.07) is 3.85. The zero-order chi connectivity index (χ0) is 11.1. The lowest BCUT2D eigenvalue weighted by molar-refractivity contribution is 0.0759. The normalized spacial score (nSPS) is 12.7. The molecule has 1 atom stereocenters. The third-order valence-corrected chi connectivity index (χ3v) is 2.38. The number of nitrogens with zero attached hydrogens (tertiary/aromatic N) is 1. The van der Waals surface area contributed by atoms with Gasteiger partial charge in [-0.25, -0.2) is 4.98 Å². The van der Waals surface area contributed by atoms with Crippen LogP contribution in [0.15, 0.2) is 18.3 Å². The van der Waals surface area contributed by atoms with Crippen molar-refractivity contribution in [3.8, 4) is 0 Å². The molecule has 84 valence electrons. The molecule has 0 amide bonds. The third-order valence-electron chi connectivity index (χ3n) is 2.03. The predicted octanol–water partition coefficient (Wildman–Crippen LogP) is 2.25. The summed E-state index contributed by atoms with van der Waals surface area (Å²) in [4.78, 5) is 4.01. The molecule has 0 fully saturated rings. The standard InChI is InChI=1S/C11H17ClN2O/c1-3-15-9(2)7-13-8-10-5-4-6-14-11(10)12/h4-6,9,13H,3,7-8H2,1-2H3. The van der Waals surface area contributed by atoms with Crippen LogP contribution in [-0.4, -0.2) is 24.2 Å². The summed E-state index contributed by atoms with van der Waals surface area (Å²) in [6.07, 6.45) is 1.92. The van der Waals surface area contributed by atoms with E-state index >= 15 is 0 Å². The van der Waals surface area contributed by atoms with Gasteiger partial charge in [-0.3, -0.25) is 0 Å². The van der Waals surface area contributed by atoms with E-state index in [9.17, 15) is 0 Å². The highest BCUT2D eigenvalue weighted by Gasteiger charge is 2.02. The number of rotatable bonds is 6. The van der Waals surface area contributed by atoms with E-state index in [0.717, 1.165) is 25.3 Å². The highest BCUT2D eigenvalue weighted by Crippen LogP contribution is 2.10. The molecular formula is C11H17ClN2O. The second kappa shape index (κ2) is 6.77. The minimum absolute atomic E-state index is 0.227. The smallest absolute Gasteiger partial charge is 0.133 e. The van der Waals surface area contributed by atoms with E-state index in [0.29, 0.717) is 5.15 Å². The summed E-state index contributed by atoms with van der Waals surface area (Å²) < 4.78 is 5.40. The van der Waals surface area contributed by atoms with Gasteiger partial charge in [-0.2, -0.15) is 0 Å². The van der Waals surface area contributed by atoms with Crippen LogP contribution in [0.1, 0.15) is 19.4 Å². The lowest BCUT2D eigenvalue weighted by atomic mass is 10.3. The Morgan fingerprint density at radius 3 is 3.07 bits per heavy atom. The zero-order valence-electron chi connectivity index (χ0n) is 9.16. The molecule has 4 heteroatoms. The molecule has 15 heavy (non-hydrogen) atoms. The van der Waals surface area contributed by atoms with Gasteiger partial charge in [-0.1, -0.05) is 17.7 Å². The van der Waals surface area contributed by atoms with Crippen LogP contribution in [0.2, 0.25) is 5.15 Å². The summed E-state index contributed by atoms with van der Waals surface area (Å²) >= 11 is 5.92. The minimum atomic E-state index is 0.227. The number of nitrogens with one attached hydrogen (secondary N) is 1. The topological polar surface area (TPSA) is 34.1 Å². The Morgan fingerprint density at radius 2 is 2.40 bits per heavy atom. The number of ether oxygens (including phenoxy) is 1. The maximum Gasteiger partial charge on any atom is 0.133 e. The number of hydrogen-bond donors (Lipinski definition) is 1. The lowest BCUT2D eigenvalue weighted by Gasteiger charge is -2.12. The Labute approximate surface area is 95.8 Å². The number of halogens is 1. The predicted molar refractivity (Wildman–Crippen MR) is 62.0 cm³/mol. The Morgan fingerprint density at radius 1 is 1.60 bits per heavy atom. The van der Waals surface area contributed by atoms with E-state index in [2.05, 4.69) is 10.3 Å². The lowest BCUT2D eigenvalue weighted by Crippen LogP contribution is -2.26. The Hall–Kier alpha value is -0.640. The molecule has 1 unspecified atom stereocenters. The number of hydrogen-bond acceptors (Lipinski definition) is 3. The molecule has 1 N–H and O–H groups in total. The molecule has 1 heterocycles. The van der Waals surface area contributed by atoms with Crippen molar-refractivity contribution in [1.82, 2.24) is 10.3 Å². The first kappa shape index (κ1) is 12.4. The van der Waals surface area contributed by atoms with Gasteiger partial charge in [-0.05, 0) is 19.9 Å². The van der Waals surface area contributed by atoms with Crippen molar-refractivity contribution < 1.29 is 4.74 Å². The zero-order valence-corrected chi connectivity index (χ0v) is 9.92. The summed E-state index contributed by atoms with van der Waals surface area (Å²) in [5.41, 5.74) is 1.02. The fourth-order valence-corrected chi connectivity index (χ4v) is 1.49. The molecule has 0 aliphatic carbocycles. The van der Waals surface area contributed by atoms with Crippen LogP contribution >= 0.6 is 11.6 Å². The summed E-state index contributed by atoms with van der Waals surface area (Å²) in [7, 11) is 0. The van der Waals surface area contributed by atoms with E-state index in [4.69, 9.17) is 16.3 Å². The summed E-state index contributed by atoms with van der Waals surface area (Å²) in [5.74, 6) is 0. The quantitative estimate of drug-likeness (QED) is 0.759. The first-order chi connectivity index (χ1) is 7.24. The molecule has 0 spiro atoms. The van der Waals surface area contributed by atoms with E-state index in [1.165, 1.54) is 0 Å². The van der Waals surface area contributed by atoms with E-state index in [-0.39, 0.29) is 6.10 Å². The van der Waals surface area contributed by atoms with E-state index in [1.54, 1.807) is 6.20 Å². The number of aromatic nitrogens is 1. The first-order valence-electron chi connectivity index (χ1n) is 5.15. The van der Waals surface area contributed by atoms with Crippen molar-refractivity contribution in [3.05, 3.63) is 29.0 Å². The van der Waals surface area contributed by atoms with Crippen LogP contribution in [0.25, 0.3) is 0 Å². The second-order valence-electron chi connectivity index (χ2n) is 3.35. The molecule has 3 nitrogen and oxygen atoms in total. The van der Waals surface area contributed by atoms with Gasteiger partial charge in [-0.15, -0.1) is 0 Å². The fraction of sp³-hybridized carbons (Fsp3) is 0.545. The van der Waals surface area contributed by atoms with Gasteiger partial charge in [0.15, 0.2) is 0 Å². The Balaban J connectivity index is 2.29. The fourth-order valence-electron chi connectivity index (χ4n) is 1.30. The highest BCUT2D eigenvalue weighted by atomic mass is 35.5. The van der Waals surface area contributed by atoms with Gasteiger partial charge in [0.05, 0.1) is 6.10 Å². The first-order valence-corrected chi connectivity index (χ1v) is 5.53. The maximum absolute atomic E-state index is 5.92. The molecule has 1 rings (SSSR count). The Bertz CT molecular complexity index is 294. The minimum Gasteiger partial charge on any atom is -0.377 e. The van der Waals surface area contributed by atoms with Gasteiger partial charge in [0, 0.05) is 31.5 Å². The van der Waals surface area contributed by atoms with Crippen molar-refractivity contribution >= 4 is 11.6 Å². The third kappa shape index (κ3) is 4.60.